The molecule has 1 rings (SSSR count). The summed E-state index contributed by atoms with van der Waals surface area (Å²) in [6.07, 6.45) is -0.226. The van der Waals surface area contributed by atoms with E-state index in [0.717, 1.165) is 5.56 Å². The van der Waals surface area contributed by atoms with E-state index >= 15 is 0 Å². The summed E-state index contributed by atoms with van der Waals surface area (Å²) in [4.78, 5) is 12.2. The average Bonchev–Trinajstić information content (AvgIpc) is 2.35. The molecule has 0 amide bonds. The lowest BCUT2D eigenvalue weighted by atomic mass is 9.96. The van der Waals surface area contributed by atoms with Gasteiger partial charge in [-0.1, -0.05) is 13.8 Å². The summed E-state index contributed by atoms with van der Waals surface area (Å²) in [5.41, 5.74) is 7.30. The van der Waals surface area contributed by atoms with Crippen molar-refractivity contribution in [3.8, 4) is 11.5 Å². The fraction of sp³-hybridized carbons (Fsp3) is 0.533. The minimum Gasteiger partial charge on any atom is -0.496 e. The summed E-state index contributed by atoms with van der Waals surface area (Å²) < 4.78 is 16.0. The largest absolute Gasteiger partial charge is 0.496 e. The summed E-state index contributed by atoms with van der Waals surface area (Å²) in [7, 11) is 3.07. The van der Waals surface area contributed by atoms with E-state index in [1.54, 1.807) is 27.0 Å². The Morgan fingerprint density at radius 3 is 2.15 bits per heavy atom. The van der Waals surface area contributed by atoms with Crippen LogP contribution in [0.5, 0.6) is 11.5 Å². The van der Waals surface area contributed by atoms with Crippen molar-refractivity contribution in [2.24, 2.45) is 0 Å². The highest BCUT2D eigenvalue weighted by Crippen LogP contribution is 2.41. The number of rotatable bonds is 5. The van der Waals surface area contributed by atoms with Gasteiger partial charge in [0, 0.05) is 11.6 Å². The van der Waals surface area contributed by atoms with Crippen LogP contribution in [0, 0.1) is 0 Å². The van der Waals surface area contributed by atoms with Gasteiger partial charge in [0.1, 0.15) is 17.1 Å². The Labute approximate surface area is 120 Å². The number of nitrogen functional groups attached to an aromatic ring is 1. The van der Waals surface area contributed by atoms with Gasteiger partial charge in [-0.25, -0.2) is 4.79 Å². The number of carbonyl (C=O) groups excluding carboxylic acids is 1. The molecule has 0 aliphatic heterocycles. The van der Waals surface area contributed by atoms with E-state index in [0.29, 0.717) is 11.5 Å². The fourth-order valence-corrected chi connectivity index (χ4v) is 2.08. The Kier molecular flexibility index (Phi) is 5.25. The molecule has 0 spiro atoms. The van der Waals surface area contributed by atoms with Gasteiger partial charge in [-0.2, -0.15) is 0 Å². The molecule has 112 valence electrons. The standard InChI is InChI=1S/C15H23NO4/c1-8(2)12-11(18-5)7-10(16)13(14(12)19-6)15(17)20-9(3)4/h7-9H,16H2,1-6H3. The van der Waals surface area contributed by atoms with Gasteiger partial charge in [-0.15, -0.1) is 0 Å². The molecule has 2 N–H and O–H groups in total. The molecule has 0 bridgehead atoms. The summed E-state index contributed by atoms with van der Waals surface area (Å²) in [6, 6.07) is 1.63. The lowest BCUT2D eigenvalue weighted by Crippen LogP contribution is -2.16. The molecule has 20 heavy (non-hydrogen) atoms. The Bertz CT molecular complexity index is 495. The first-order chi connectivity index (χ1) is 9.33. The number of nitrogens with two attached hydrogens (primary N) is 1. The van der Waals surface area contributed by atoms with Crippen molar-refractivity contribution < 1.29 is 19.0 Å². The van der Waals surface area contributed by atoms with Gasteiger partial charge < -0.3 is 19.9 Å². The molecule has 5 heteroatoms. The van der Waals surface area contributed by atoms with E-state index in [2.05, 4.69) is 0 Å². The van der Waals surface area contributed by atoms with Crippen molar-refractivity contribution >= 4 is 11.7 Å². The first-order valence-electron chi connectivity index (χ1n) is 6.58. The van der Waals surface area contributed by atoms with Gasteiger partial charge in [0.15, 0.2) is 0 Å². The van der Waals surface area contributed by atoms with Gasteiger partial charge in [0.05, 0.1) is 26.0 Å². The smallest absolute Gasteiger partial charge is 0.344 e. The summed E-state index contributed by atoms with van der Waals surface area (Å²) in [5.74, 6) is 0.656. The molecule has 0 fully saturated rings. The molecule has 5 nitrogen and oxygen atoms in total. The predicted molar refractivity (Wildman–Crippen MR) is 78.6 cm³/mol. The third-order valence-electron chi connectivity index (χ3n) is 2.86. The van der Waals surface area contributed by atoms with E-state index in [4.69, 9.17) is 19.9 Å². The molecule has 0 aliphatic rings. The van der Waals surface area contributed by atoms with E-state index in [-0.39, 0.29) is 23.3 Å². The highest BCUT2D eigenvalue weighted by atomic mass is 16.5. The van der Waals surface area contributed by atoms with E-state index < -0.39 is 5.97 Å². The van der Waals surface area contributed by atoms with Crippen molar-refractivity contribution in [2.45, 2.75) is 39.7 Å². The molecular formula is C15H23NO4. The number of ether oxygens (including phenoxy) is 3. The molecule has 0 heterocycles. The Hall–Kier alpha value is -1.91. The number of hydrogen-bond donors (Lipinski definition) is 1. The van der Waals surface area contributed by atoms with Crippen LogP contribution in [0.3, 0.4) is 0 Å². The molecule has 0 radical (unpaired) electrons. The second-order valence-electron chi connectivity index (χ2n) is 5.10. The SMILES string of the molecule is COc1cc(N)c(C(=O)OC(C)C)c(OC)c1C(C)C. The zero-order valence-electron chi connectivity index (χ0n) is 12.9. The topological polar surface area (TPSA) is 70.8 Å². The van der Waals surface area contributed by atoms with E-state index in [9.17, 15) is 4.79 Å². The van der Waals surface area contributed by atoms with Gasteiger partial charge in [0.25, 0.3) is 0 Å². The summed E-state index contributed by atoms with van der Waals surface area (Å²) in [6.45, 7) is 7.56. The third kappa shape index (κ3) is 3.15. The van der Waals surface area contributed by atoms with Crippen molar-refractivity contribution in [1.82, 2.24) is 0 Å². The minimum absolute atomic E-state index is 0.117. The Balaban J connectivity index is 3.51. The molecule has 1 aromatic rings. The maximum Gasteiger partial charge on any atom is 0.344 e. The number of hydrogen-bond acceptors (Lipinski definition) is 5. The van der Waals surface area contributed by atoms with Gasteiger partial charge >= 0.3 is 5.97 Å². The highest BCUT2D eigenvalue weighted by molar-refractivity contribution is 5.99. The number of anilines is 1. The second kappa shape index (κ2) is 6.50. The summed E-state index contributed by atoms with van der Waals surface area (Å²) in [5, 5.41) is 0. The quantitative estimate of drug-likeness (QED) is 0.663. The molecule has 0 saturated carbocycles. The van der Waals surface area contributed by atoms with Crippen molar-refractivity contribution in [2.75, 3.05) is 20.0 Å². The van der Waals surface area contributed by atoms with Crippen molar-refractivity contribution in [1.29, 1.82) is 0 Å². The second-order valence-corrected chi connectivity index (χ2v) is 5.10. The van der Waals surface area contributed by atoms with Crippen LogP contribution in [0.2, 0.25) is 0 Å². The Morgan fingerprint density at radius 1 is 1.15 bits per heavy atom. The first-order valence-corrected chi connectivity index (χ1v) is 6.58. The third-order valence-corrected chi connectivity index (χ3v) is 2.86. The van der Waals surface area contributed by atoms with Crippen molar-refractivity contribution in [3.05, 3.63) is 17.2 Å². The maximum absolute atomic E-state index is 12.2. The van der Waals surface area contributed by atoms with Crippen LogP contribution in [0.1, 0.15) is 49.5 Å². The lowest BCUT2D eigenvalue weighted by molar-refractivity contribution is 0.0375. The molecular weight excluding hydrogens is 258 g/mol. The van der Waals surface area contributed by atoms with Crippen LogP contribution in [-0.4, -0.2) is 26.3 Å². The first kappa shape index (κ1) is 16.1. The van der Waals surface area contributed by atoms with E-state index in [1.165, 1.54) is 7.11 Å². The number of methoxy groups -OCH3 is 2. The van der Waals surface area contributed by atoms with Crippen LogP contribution in [-0.2, 0) is 4.74 Å². The Morgan fingerprint density at radius 2 is 1.75 bits per heavy atom. The zero-order valence-corrected chi connectivity index (χ0v) is 12.9. The molecule has 0 aromatic heterocycles. The van der Waals surface area contributed by atoms with Gasteiger partial charge in [-0.05, 0) is 19.8 Å². The molecule has 1 aromatic carbocycles. The maximum atomic E-state index is 12.2. The van der Waals surface area contributed by atoms with Gasteiger partial charge in [-0.3, -0.25) is 0 Å². The minimum atomic E-state index is -0.487. The van der Waals surface area contributed by atoms with Gasteiger partial charge in [0.2, 0.25) is 0 Å². The number of esters is 1. The highest BCUT2D eigenvalue weighted by Gasteiger charge is 2.26. The predicted octanol–water partition coefficient (Wildman–Crippen LogP) is 2.97. The number of carbonyl (C=O) groups is 1. The van der Waals surface area contributed by atoms with Crippen LogP contribution in [0.4, 0.5) is 5.69 Å². The lowest BCUT2D eigenvalue weighted by Gasteiger charge is -2.20. The van der Waals surface area contributed by atoms with E-state index in [1.807, 2.05) is 13.8 Å². The van der Waals surface area contributed by atoms with Crippen LogP contribution in [0.25, 0.3) is 0 Å². The molecule has 0 aliphatic carbocycles. The fourth-order valence-electron chi connectivity index (χ4n) is 2.08. The molecule has 0 unspecified atom stereocenters. The van der Waals surface area contributed by atoms with Crippen LogP contribution < -0.4 is 15.2 Å². The summed E-state index contributed by atoms with van der Waals surface area (Å²) >= 11 is 0. The molecule has 0 saturated heterocycles. The average molecular weight is 281 g/mol. The number of benzene rings is 1. The van der Waals surface area contributed by atoms with Crippen LogP contribution >= 0.6 is 0 Å². The zero-order chi connectivity index (χ0) is 15.4. The normalized spacial score (nSPS) is 10.8. The monoisotopic (exact) mass is 281 g/mol. The van der Waals surface area contributed by atoms with Crippen molar-refractivity contribution in [3.63, 3.8) is 0 Å². The van der Waals surface area contributed by atoms with Crippen LogP contribution in [0.15, 0.2) is 6.07 Å². The molecule has 0 atom stereocenters.